The minimum Gasteiger partial charge on any atom is -0.440 e. The number of halogens is 1. The maximum absolute atomic E-state index is 12.4. The van der Waals surface area contributed by atoms with Gasteiger partial charge in [-0.05, 0) is 42.8 Å². The Labute approximate surface area is 182 Å². The summed E-state index contributed by atoms with van der Waals surface area (Å²) in [6.45, 7) is 1.95. The number of allylic oxidation sites excluding steroid dienone is 1. The normalized spacial score (nSPS) is 15.0. The highest BCUT2D eigenvalue weighted by Gasteiger charge is 2.31. The summed E-state index contributed by atoms with van der Waals surface area (Å²) in [4.78, 5) is 12.4. The molecule has 1 unspecified atom stereocenters. The van der Waals surface area contributed by atoms with Gasteiger partial charge in [-0.25, -0.2) is 4.79 Å². The summed E-state index contributed by atoms with van der Waals surface area (Å²) >= 11 is 3.43. The third-order valence-electron chi connectivity index (χ3n) is 4.89. The average molecular weight is 461 g/mol. The van der Waals surface area contributed by atoms with Crippen LogP contribution >= 0.6 is 15.9 Å². The molecule has 5 nitrogen and oxygen atoms in total. The molecule has 0 saturated heterocycles. The van der Waals surface area contributed by atoms with Gasteiger partial charge in [0.15, 0.2) is 0 Å². The lowest BCUT2D eigenvalue weighted by Crippen LogP contribution is -2.21. The fraction of sp³-hybridized carbons (Fsp3) is 0.0833. The second kappa shape index (κ2) is 8.05. The van der Waals surface area contributed by atoms with Crippen molar-refractivity contribution in [2.24, 2.45) is 5.73 Å². The van der Waals surface area contributed by atoms with E-state index in [1.54, 1.807) is 30.3 Å². The van der Waals surface area contributed by atoms with Crippen LogP contribution in [0.1, 0.15) is 33.0 Å². The highest BCUT2D eigenvalue weighted by molar-refractivity contribution is 9.10. The minimum atomic E-state index is -0.462. The van der Waals surface area contributed by atoms with Crippen LogP contribution in [0.15, 0.2) is 82.7 Å². The van der Waals surface area contributed by atoms with Crippen molar-refractivity contribution in [1.29, 1.82) is 5.26 Å². The molecule has 0 bridgehead atoms. The second-order valence-electron chi connectivity index (χ2n) is 6.93. The number of carbonyl (C=O) groups is 1. The maximum atomic E-state index is 12.4. The van der Waals surface area contributed by atoms with E-state index < -0.39 is 5.97 Å². The molecular weight excluding hydrogens is 444 g/mol. The van der Waals surface area contributed by atoms with E-state index in [0.717, 1.165) is 21.2 Å². The minimum absolute atomic E-state index is 0.0416. The first-order chi connectivity index (χ1) is 14.5. The third kappa shape index (κ3) is 3.80. The molecule has 6 heteroatoms. The molecule has 0 fully saturated rings. The Bertz CT molecular complexity index is 1190. The molecule has 2 N–H and O–H groups in total. The van der Waals surface area contributed by atoms with Crippen molar-refractivity contribution in [1.82, 2.24) is 0 Å². The van der Waals surface area contributed by atoms with Crippen LogP contribution in [-0.2, 0) is 0 Å². The first-order valence-electron chi connectivity index (χ1n) is 9.22. The predicted octanol–water partition coefficient (Wildman–Crippen LogP) is 5.19. The van der Waals surface area contributed by atoms with E-state index in [-0.39, 0.29) is 11.8 Å². The van der Waals surface area contributed by atoms with Crippen LogP contribution in [0.2, 0.25) is 0 Å². The van der Waals surface area contributed by atoms with E-state index in [1.165, 1.54) is 0 Å². The second-order valence-corrected chi connectivity index (χ2v) is 7.85. The van der Waals surface area contributed by atoms with Crippen molar-refractivity contribution in [3.8, 4) is 17.6 Å². The summed E-state index contributed by atoms with van der Waals surface area (Å²) in [5.41, 5.74) is 9.58. The summed E-state index contributed by atoms with van der Waals surface area (Å²) in [7, 11) is 0. The largest absolute Gasteiger partial charge is 0.440 e. The van der Waals surface area contributed by atoms with Gasteiger partial charge in [0.1, 0.15) is 23.1 Å². The van der Waals surface area contributed by atoms with Gasteiger partial charge in [-0.1, -0.05) is 51.8 Å². The smallest absolute Gasteiger partial charge is 0.343 e. The fourth-order valence-electron chi connectivity index (χ4n) is 3.35. The Morgan fingerprint density at radius 2 is 1.80 bits per heavy atom. The number of benzene rings is 3. The summed E-state index contributed by atoms with van der Waals surface area (Å²) in [6, 6.07) is 22.1. The number of fused-ring (bicyclic) bond motifs is 1. The number of aryl methyl sites for hydroxylation is 1. The standard InChI is InChI=1S/C24H17BrN2O3/c1-14-2-4-16(5-3-14)24(28)29-18-10-11-19-21(12-18)30-23(27)20(13-26)22(19)15-6-8-17(25)9-7-15/h2-12,22H,27H2,1H3. The van der Waals surface area contributed by atoms with E-state index in [1.807, 2.05) is 43.3 Å². The Morgan fingerprint density at radius 1 is 1.10 bits per heavy atom. The SMILES string of the molecule is Cc1ccc(C(=O)Oc2ccc3c(c2)OC(N)=C(C#N)C3c2ccc(Br)cc2)cc1. The Morgan fingerprint density at radius 3 is 2.47 bits per heavy atom. The topological polar surface area (TPSA) is 85.3 Å². The lowest BCUT2D eigenvalue weighted by atomic mass is 9.83. The van der Waals surface area contributed by atoms with Gasteiger partial charge in [-0.15, -0.1) is 0 Å². The van der Waals surface area contributed by atoms with Crippen molar-refractivity contribution in [2.45, 2.75) is 12.8 Å². The van der Waals surface area contributed by atoms with Crippen molar-refractivity contribution >= 4 is 21.9 Å². The molecule has 1 heterocycles. The van der Waals surface area contributed by atoms with Crippen LogP contribution in [0.25, 0.3) is 0 Å². The van der Waals surface area contributed by atoms with E-state index in [4.69, 9.17) is 15.2 Å². The van der Waals surface area contributed by atoms with Crippen LogP contribution in [0, 0.1) is 18.3 Å². The first kappa shape index (κ1) is 19.7. The number of hydrogen-bond acceptors (Lipinski definition) is 5. The van der Waals surface area contributed by atoms with Gasteiger partial charge >= 0.3 is 5.97 Å². The Kier molecular flexibility index (Phi) is 5.30. The van der Waals surface area contributed by atoms with Gasteiger partial charge < -0.3 is 15.2 Å². The van der Waals surface area contributed by atoms with Crippen LogP contribution in [0.5, 0.6) is 11.5 Å². The quantitative estimate of drug-likeness (QED) is 0.429. The number of esters is 1. The number of rotatable bonds is 3. The van der Waals surface area contributed by atoms with Gasteiger partial charge in [-0.3, -0.25) is 0 Å². The zero-order chi connectivity index (χ0) is 21.3. The fourth-order valence-corrected chi connectivity index (χ4v) is 3.62. The molecule has 0 aromatic heterocycles. The molecular formula is C24H17BrN2O3. The molecule has 0 spiro atoms. The molecule has 148 valence electrons. The molecule has 0 aliphatic carbocycles. The molecule has 30 heavy (non-hydrogen) atoms. The third-order valence-corrected chi connectivity index (χ3v) is 5.42. The van der Waals surface area contributed by atoms with Gasteiger partial charge in [0.25, 0.3) is 0 Å². The monoisotopic (exact) mass is 460 g/mol. The number of carbonyl (C=O) groups excluding carboxylic acids is 1. The van der Waals surface area contributed by atoms with Crippen molar-refractivity contribution < 1.29 is 14.3 Å². The van der Waals surface area contributed by atoms with Gasteiger partial charge in [-0.2, -0.15) is 5.26 Å². The molecule has 0 amide bonds. The molecule has 1 atom stereocenters. The summed E-state index contributed by atoms with van der Waals surface area (Å²) in [5.74, 6) is 0.000732. The van der Waals surface area contributed by atoms with Crippen molar-refractivity contribution in [3.05, 3.63) is 105 Å². The van der Waals surface area contributed by atoms with Gasteiger partial charge in [0.05, 0.1) is 11.5 Å². The average Bonchev–Trinajstić information content (AvgIpc) is 2.74. The summed E-state index contributed by atoms with van der Waals surface area (Å²) < 4.78 is 12.1. The molecule has 1 aliphatic heterocycles. The van der Waals surface area contributed by atoms with E-state index in [2.05, 4.69) is 22.0 Å². The highest BCUT2D eigenvalue weighted by atomic mass is 79.9. The zero-order valence-electron chi connectivity index (χ0n) is 16.1. The Balaban J connectivity index is 1.68. The molecule has 3 aromatic rings. The van der Waals surface area contributed by atoms with Crippen molar-refractivity contribution in [3.63, 3.8) is 0 Å². The van der Waals surface area contributed by atoms with Gasteiger partial charge in [0.2, 0.25) is 5.88 Å². The summed E-state index contributed by atoms with van der Waals surface area (Å²) in [6.07, 6.45) is 0. The van der Waals surface area contributed by atoms with E-state index in [0.29, 0.717) is 22.6 Å². The number of nitrogens with two attached hydrogens (primary N) is 1. The van der Waals surface area contributed by atoms with Crippen LogP contribution in [-0.4, -0.2) is 5.97 Å². The van der Waals surface area contributed by atoms with Crippen LogP contribution in [0.4, 0.5) is 0 Å². The van der Waals surface area contributed by atoms with Crippen LogP contribution in [0.3, 0.4) is 0 Å². The molecule has 1 aliphatic rings. The summed E-state index contributed by atoms with van der Waals surface area (Å²) in [5, 5.41) is 9.65. The number of ether oxygens (including phenoxy) is 2. The zero-order valence-corrected chi connectivity index (χ0v) is 17.6. The Hall–Kier alpha value is -3.56. The van der Waals surface area contributed by atoms with E-state index >= 15 is 0 Å². The number of nitrogens with zero attached hydrogens (tertiary/aromatic N) is 1. The lowest BCUT2D eigenvalue weighted by molar-refractivity contribution is 0.0734. The number of nitriles is 1. The molecule has 0 radical (unpaired) electrons. The van der Waals surface area contributed by atoms with Crippen molar-refractivity contribution in [2.75, 3.05) is 0 Å². The van der Waals surface area contributed by atoms with Gasteiger partial charge in [0, 0.05) is 16.1 Å². The first-order valence-corrected chi connectivity index (χ1v) is 10.0. The molecule has 4 rings (SSSR count). The lowest BCUT2D eigenvalue weighted by Gasteiger charge is -2.26. The van der Waals surface area contributed by atoms with E-state index in [9.17, 15) is 10.1 Å². The molecule has 3 aromatic carbocycles. The predicted molar refractivity (Wildman–Crippen MR) is 116 cm³/mol. The van der Waals surface area contributed by atoms with Crippen LogP contribution < -0.4 is 15.2 Å². The maximum Gasteiger partial charge on any atom is 0.343 e. The highest BCUT2D eigenvalue weighted by Crippen LogP contribution is 2.43. The molecule has 0 saturated carbocycles. The number of hydrogen-bond donors (Lipinski definition) is 1.